The van der Waals surface area contributed by atoms with Crippen LogP contribution in [0.5, 0.6) is 0 Å². The summed E-state index contributed by atoms with van der Waals surface area (Å²) < 4.78 is 16.0. The largest absolute Gasteiger partial charge is 0.480 e. The first kappa shape index (κ1) is 14.4. The van der Waals surface area contributed by atoms with E-state index in [4.69, 9.17) is 19.3 Å². The minimum absolute atomic E-state index is 0.119. The Labute approximate surface area is 101 Å². The van der Waals surface area contributed by atoms with Crippen molar-refractivity contribution in [2.75, 3.05) is 33.5 Å². The maximum atomic E-state index is 10.6. The van der Waals surface area contributed by atoms with Gasteiger partial charge in [0.2, 0.25) is 0 Å². The topological polar surface area (TPSA) is 77.0 Å². The number of carboxylic acid groups (broad SMARTS) is 1. The fourth-order valence-electron chi connectivity index (χ4n) is 1.56. The zero-order valence-corrected chi connectivity index (χ0v) is 10.2. The highest BCUT2D eigenvalue weighted by Gasteiger charge is 2.15. The average molecular weight is 247 g/mol. The molecule has 1 saturated heterocycles. The van der Waals surface area contributed by atoms with Crippen LogP contribution in [0.25, 0.3) is 0 Å². The molecule has 1 rings (SSSR count). The van der Waals surface area contributed by atoms with Crippen LogP contribution in [0.3, 0.4) is 0 Å². The number of rotatable bonds is 8. The van der Waals surface area contributed by atoms with E-state index < -0.39 is 12.0 Å². The zero-order chi connectivity index (χ0) is 12.5. The van der Waals surface area contributed by atoms with Crippen LogP contribution in [0.1, 0.15) is 19.3 Å². The molecular formula is C11H21NO5. The van der Waals surface area contributed by atoms with Gasteiger partial charge in [-0.15, -0.1) is 0 Å². The van der Waals surface area contributed by atoms with Gasteiger partial charge in [-0.25, -0.2) is 0 Å². The van der Waals surface area contributed by atoms with Crippen molar-refractivity contribution in [1.82, 2.24) is 5.32 Å². The second-order valence-corrected chi connectivity index (χ2v) is 3.92. The molecule has 0 aliphatic carbocycles. The predicted octanol–water partition coefficient (Wildman–Crippen LogP) is 0.219. The van der Waals surface area contributed by atoms with Crippen LogP contribution in [0.4, 0.5) is 0 Å². The zero-order valence-electron chi connectivity index (χ0n) is 10.2. The molecule has 0 amide bonds. The minimum atomic E-state index is -0.913. The molecule has 100 valence electrons. The first-order valence-corrected chi connectivity index (χ1v) is 5.95. The third kappa shape index (κ3) is 5.97. The van der Waals surface area contributed by atoms with E-state index in [1.54, 1.807) is 7.05 Å². The molecule has 0 aromatic carbocycles. The van der Waals surface area contributed by atoms with Gasteiger partial charge >= 0.3 is 5.97 Å². The molecule has 6 nitrogen and oxygen atoms in total. The van der Waals surface area contributed by atoms with Crippen LogP contribution >= 0.6 is 0 Å². The van der Waals surface area contributed by atoms with Gasteiger partial charge in [0, 0.05) is 6.61 Å². The first-order valence-electron chi connectivity index (χ1n) is 5.95. The quantitative estimate of drug-likeness (QED) is 0.597. The monoisotopic (exact) mass is 247 g/mol. The molecule has 1 aliphatic heterocycles. The van der Waals surface area contributed by atoms with Crippen molar-refractivity contribution in [3.8, 4) is 0 Å². The van der Waals surface area contributed by atoms with Gasteiger partial charge < -0.3 is 24.6 Å². The summed E-state index contributed by atoms with van der Waals surface area (Å²) in [5, 5.41) is 11.4. The van der Waals surface area contributed by atoms with Gasteiger partial charge in [0.15, 0.2) is 6.29 Å². The van der Waals surface area contributed by atoms with Crippen molar-refractivity contribution in [1.29, 1.82) is 0 Å². The Morgan fingerprint density at radius 1 is 1.53 bits per heavy atom. The third-order valence-corrected chi connectivity index (χ3v) is 2.60. The Balaban J connectivity index is 1.98. The van der Waals surface area contributed by atoms with Crippen LogP contribution in [0, 0.1) is 0 Å². The molecule has 1 heterocycles. The summed E-state index contributed by atoms with van der Waals surface area (Å²) in [5.74, 6) is -0.913. The summed E-state index contributed by atoms with van der Waals surface area (Å²) in [5.41, 5.74) is 0. The second-order valence-electron chi connectivity index (χ2n) is 3.92. The van der Waals surface area contributed by atoms with Gasteiger partial charge in [0.05, 0.1) is 19.8 Å². The van der Waals surface area contributed by atoms with E-state index >= 15 is 0 Å². The third-order valence-electron chi connectivity index (χ3n) is 2.60. The molecule has 0 bridgehead atoms. The maximum absolute atomic E-state index is 10.6. The van der Waals surface area contributed by atoms with E-state index in [1.165, 1.54) is 0 Å². The van der Waals surface area contributed by atoms with Crippen LogP contribution in [-0.4, -0.2) is 56.9 Å². The molecule has 2 N–H and O–H groups in total. The summed E-state index contributed by atoms with van der Waals surface area (Å²) in [6, 6.07) is -0.666. The molecule has 0 spiro atoms. The molecule has 1 aliphatic rings. The van der Waals surface area contributed by atoms with E-state index in [9.17, 15) is 4.79 Å². The summed E-state index contributed by atoms with van der Waals surface area (Å²) >= 11 is 0. The molecule has 17 heavy (non-hydrogen) atoms. The Morgan fingerprint density at radius 2 is 2.35 bits per heavy atom. The number of hydrogen-bond donors (Lipinski definition) is 2. The van der Waals surface area contributed by atoms with Crippen molar-refractivity contribution in [2.24, 2.45) is 0 Å². The molecule has 0 aromatic heterocycles. The van der Waals surface area contributed by atoms with Crippen molar-refractivity contribution < 1.29 is 24.1 Å². The van der Waals surface area contributed by atoms with Crippen LogP contribution < -0.4 is 5.32 Å². The van der Waals surface area contributed by atoms with Crippen LogP contribution in [0.15, 0.2) is 0 Å². The number of carboxylic acids is 1. The standard InChI is InChI=1S/C11H21NO5/c1-12-9(11(13)14)8-15-6-7-17-10-4-2-3-5-16-10/h9-10,12H,2-8H2,1H3,(H,13,14)/t9-,10?/m0/s1. The molecule has 1 unspecified atom stereocenters. The maximum Gasteiger partial charge on any atom is 0.323 e. The number of hydrogen-bond acceptors (Lipinski definition) is 5. The number of aliphatic carboxylic acids is 1. The molecule has 2 atom stereocenters. The van der Waals surface area contributed by atoms with Crippen molar-refractivity contribution in [3.05, 3.63) is 0 Å². The fraction of sp³-hybridized carbons (Fsp3) is 0.909. The molecule has 0 saturated carbocycles. The van der Waals surface area contributed by atoms with Crippen LogP contribution in [0.2, 0.25) is 0 Å². The van der Waals surface area contributed by atoms with Gasteiger partial charge in [-0.05, 0) is 26.3 Å². The average Bonchev–Trinajstić information content (AvgIpc) is 2.34. The predicted molar refractivity (Wildman–Crippen MR) is 60.8 cm³/mol. The lowest BCUT2D eigenvalue weighted by Gasteiger charge is -2.22. The van der Waals surface area contributed by atoms with Gasteiger partial charge in [0.25, 0.3) is 0 Å². The lowest BCUT2D eigenvalue weighted by Crippen LogP contribution is -2.38. The number of ether oxygens (including phenoxy) is 3. The first-order chi connectivity index (χ1) is 8.24. The van der Waals surface area contributed by atoms with Crippen LogP contribution in [-0.2, 0) is 19.0 Å². The van der Waals surface area contributed by atoms with Gasteiger partial charge in [-0.3, -0.25) is 4.79 Å². The minimum Gasteiger partial charge on any atom is -0.480 e. The van der Waals surface area contributed by atoms with E-state index in [1.807, 2.05) is 0 Å². The second kappa shape index (κ2) is 8.41. The smallest absolute Gasteiger partial charge is 0.323 e. The fourth-order valence-corrected chi connectivity index (χ4v) is 1.56. The summed E-state index contributed by atoms with van der Waals surface area (Å²) in [6.07, 6.45) is 3.03. The van der Waals surface area contributed by atoms with E-state index in [0.717, 1.165) is 25.9 Å². The highest BCUT2D eigenvalue weighted by atomic mass is 16.7. The number of nitrogens with one attached hydrogen (secondary N) is 1. The Hall–Kier alpha value is -0.690. The van der Waals surface area contributed by atoms with Gasteiger partial charge in [-0.2, -0.15) is 0 Å². The molecule has 0 aromatic rings. The summed E-state index contributed by atoms with van der Waals surface area (Å²) in [7, 11) is 1.59. The molecule has 0 radical (unpaired) electrons. The normalized spacial score (nSPS) is 22.3. The molecule has 1 fully saturated rings. The lowest BCUT2D eigenvalue weighted by molar-refractivity contribution is -0.170. The van der Waals surface area contributed by atoms with E-state index in [-0.39, 0.29) is 12.9 Å². The van der Waals surface area contributed by atoms with Crippen molar-refractivity contribution in [2.45, 2.75) is 31.6 Å². The van der Waals surface area contributed by atoms with E-state index in [0.29, 0.717) is 13.2 Å². The van der Waals surface area contributed by atoms with Gasteiger partial charge in [-0.1, -0.05) is 0 Å². The number of likely N-dealkylation sites (N-methyl/N-ethyl adjacent to an activating group) is 1. The van der Waals surface area contributed by atoms with Gasteiger partial charge in [0.1, 0.15) is 6.04 Å². The number of carbonyl (C=O) groups is 1. The lowest BCUT2D eigenvalue weighted by atomic mass is 10.2. The highest BCUT2D eigenvalue weighted by Crippen LogP contribution is 2.13. The highest BCUT2D eigenvalue weighted by molar-refractivity contribution is 5.73. The van der Waals surface area contributed by atoms with Crippen molar-refractivity contribution >= 4 is 5.97 Å². The Morgan fingerprint density at radius 3 is 2.94 bits per heavy atom. The van der Waals surface area contributed by atoms with Crippen molar-refractivity contribution in [3.63, 3.8) is 0 Å². The summed E-state index contributed by atoms with van der Waals surface area (Å²) in [6.45, 7) is 1.71. The SMILES string of the molecule is CN[C@@H](COCCOC1CCCCO1)C(=O)O. The Bertz CT molecular complexity index is 218. The summed E-state index contributed by atoms with van der Waals surface area (Å²) in [4.78, 5) is 10.6. The van der Waals surface area contributed by atoms with E-state index in [2.05, 4.69) is 5.32 Å². The molecular weight excluding hydrogens is 226 g/mol. The Kier molecular flexibility index (Phi) is 7.11. The molecule has 6 heteroatoms.